The van der Waals surface area contributed by atoms with Crippen LogP contribution in [0.25, 0.3) is 0 Å². The zero-order valence-electron chi connectivity index (χ0n) is 9.79. The summed E-state index contributed by atoms with van der Waals surface area (Å²) in [5.41, 5.74) is 0. The smallest absolute Gasteiger partial charge is 0.201 e. The van der Waals surface area contributed by atoms with E-state index in [1.807, 2.05) is 0 Å². The molecular weight excluding hydrogens is 273 g/mol. The van der Waals surface area contributed by atoms with Gasteiger partial charge in [-0.3, -0.25) is 0 Å². The zero-order chi connectivity index (χ0) is 11.8. The molecule has 0 aromatic heterocycles. The first-order valence-electron chi connectivity index (χ1n) is 4.68. The van der Waals surface area contributed by atoms with Crippen molar-refractivity contribution in [3.63, 3.8) is 0 Å². The lowest BCUT2D eigenvalue weighted by molar-refractivity contribution is 0.622. The molecule has 0 spiro atoms. The second-order valence-electron chi connectivity index (χ2n) is 5.54. The van der Waals surface area contributed by atoms with Gasteiger partial charge in [-0.1, -0.05) is 74.1 Å². The summed E-state index contributed by atoms with van der Waals surface area (Å²) >= 11 is 17.6. The molecule has 1 nitrogen and oxygen atoms in total. The normalized spacial score (nSPS) is 15.0. The Morgan fingerprint density at radius 2 is 1.14 bits per heavy atom. The van der Waals surface area contributed by atoms with Crippen LogP contribution in [-0.2, 0) is 0 Å². The van der Waals surface area contributed by atoms with Gasteiger partial charge in [0.1, 0.15) is 16.5 Å². The predicted molar refractivity (Wildman–Crippen MR) is 73.7 cm³/mol. The predicted octanol–water partition coefficient (Wildman–Crippen LogP) is 4.33. The van der Waals surface area contributed by atoms with Gasteiger partial charge in [0.05, 0.1) is 0 Å². The third kappa shape index (κ3) is 5.98. The molecule has 0 fully saturated rings. The van der Waals surface area contributed by atoms with Crippen molar-refractivity contribution >= 4 is 51.3 Å². The van der Waals surface area contributed by atoms with E-state index in [9.17, 15) is 0 Å². The summed E-state index contributed by atoms with van der Waals surface area (Å²) < 4.78 is 1.31. The summed E-state index contributed by atoms with van der Waals surface area (Å²) in [6, 6.07) is 0. The standard InChI is InChI=1S/C8H20Cl3NSi2/c1-13(2,3)12(14(4,5)6)7-8(9,10)11/h7H2,1-6H3. The Morgan fingerprint density at radius 3 is 1.21 bits per heavy atom. The van der Waals surface area contributed by atoms with Crippen LogP contribution in [0.4, 0.5) is 0 Å². The molecule has 0 atom stereocenters. The molecule has 0 N–H and O–H groups in total. The maximum Gasteiger partial charge on any atom is 0.201 e. The summed E-state index contributed by atoms with van der Waals surface area (Å²) in [5.74, 6) is 0. The largest absolute Gasteiger partial charge is 0.342 e. The molecule has 14 heavy (non-hydrogen) atoms. The van der Waals surface area contributed by atoms with Crippen molar-refractivity contribution in [3.05, 3.63) is 0 Å². The molecular formula is C8H20Cl3NSi2. The van der Waals surface area contributed by atoms with Gasteiger partial charge >= 0.3 is 0 Å². The van der Waals surface area contributed by atoms with Crippen LogP contribution in [0, 0.1) is 0 Å². The molecule has 0 aliphatic carbocycles. The average molecular weight is 293 g/mol. The summed E-state index contributed by atoms with van der Waals surface area (Å²) in [5, 5.41) is 0. The van der Waals surface area contributed by atoms with E-state index in [-0.39, 0.29) is 0 Å². The van der Waals surface area contributed by atoms with Gasteiger partial charge in [0.15, 0.2) is 0 Å². The molecule has 0 rings (SSSR count). The number of nitrogens with zero attached hydrogens (tertiary/aromatic N) is 1. The number of hydrogen-bond donors (Lipinski definition) is 0. The fraction of sp³-hybridized carbons (Fsp3) is 1.00. The van der Waals surface area contributed by atoms with Gasteiger partial charge in [-0.25, -0.2) is 0 Å². The lowest BCUT2D eigenvalue weighted by Crippen LogP contribution is -2.61. The Balaban J connectivity index is 4.78. The molecule has 6 heteroatoms. The van der Waals surface area contributed by atoms with Crippen LogP contribution < -0.4 is 0 Å². The van der Waals surface area contributed by atoms with Crippen molar-refractivity contribution in [2.45, 2.75) is 43.1 Å². The number of hydrogen-bond acceptors (Lipinski definition) is 1. The summed E-state index contributed by atoms with van der Waals surface area (Å²) in [4.78, 5) is 0. The van der Waals surface area contributed by atoms with Crippen LogP contribution in [0.5, 0.6) is 0 Å². The van der Waals surface area contributed by atoms with Gasteiger partial charge in [-0.05, 0) is 0 Å². The Labute approximate surface area is 105 Å². The van der Waals surface area contributed by atoms with Gasteiger partial charge < -0.3 is 4.23 Å². The van der Waals surface area contributed by atoms with Gasteiger partial charge in [0.2, 0.25) is 3.79 Å². The molecule has 0 unspecified atom stereocenters. The van der Waals surface area contributed by atoms with Crippen molar-refractivity contribution in [1.29, 1.82) is 0 Å². The number of halogens is 3. The van der Waals surface area contributed by atoms with E-state index in [1.165, 1.54) is 0 Å². The third-order valence-corrected chi connectivity index (χ3v) is 9.90. The van der Waals surface area contributed by atoms with Crippen LogP contribution in [0.15, 0.2) is 0 Å². The van der Waals surface area contributed by atoms with E-state index in [0.29, 0.717) is 6.54 Å². The summed E-state index contributed by atoms with van der Waals surface area (Å²) in [7, 11) is -2.78. The van der Waals surface area contributed by atoms with Crippen molar-refractivity contribution in [1.82, 2.24) is 4.23 Å². The maximum absolute atomic E-state index is 5.87. The molecule has 0 amide bonds. The second kappa shape index (κ2) is 4.64. The minimum Gasteiger partial charge on any atom is -0.342 e. The van der Waals surface area contributed by atoms with Crippen molar-refractivity contribution in [3.8, 4) is 0 Å². The Hall–Kier alpha value is 1.26. The highest BCUT2D eigenvalue weighted by atomic mass is 35.6. The van der Waals surface area contributed by atoms with Crippen molar-refractivity contribution < 1.29 is 0 Å². The molecule has 0 heterocycles. The lowest BCUT2D eigenvalue weighted by atomic mass is 10.8. The molecule has 0 aromatic rings. The Morgan fingerprint density at radius 1 is 0.857 bits per heavy atom. The first-order chi connectivity index (χ1) is 5.84. The highest BCUT2D eigenvalue weighted by molar-refractivity contribution is 6.89. The summed E-state index contributed by atoms with van der Waals surface area (Å²) in [6.45, 7) is 14.3. The van der Waals surface area contributed by atoms with E-state index in [4.69, 9.17) is 34.8 Å². The fourth-order valence-electron chi connectivity index (χ4n) is 1.66. The highest BCUT2D eigenvalue weighted by Crippen LogP contribution is 2.31. The molecule has 0 aliphatic rings. The van der Waals surface area contributed by atoms with E-state index in [2.05, 4.69) is 43.5 Å². The van der Waals surface area contributed by atoms with Crippen LogP contribution >= 0.6 is 34.8 Å². The molecule has 0 aromatic carbocycles. The first kappa shape index (κ1) is 15.3. The minimum atomic E-state index is -1.39. The second-order valence-corrected chi connectivity index (χ2v) is 18.3. The van der Waals surface area contributed by atoms with Crippen molar-refractivity contribution in [2.24, 2.45) is 0 Å². The molecule has 86 valence electrons. The van der Waals surface area contributed by atoms with E-state index in [1.54, 1.807) is 0 Å². The molecule has 0 saturated heterocycles. The SMILES string of the molecule is C[Si](C)(C)N(CC(Cl)(Cl)Cl)[Si](C)(C)C. The molecule has 0 aliphatic heterocycles. The van der Waals surface area contributed by atoms with E-state index >= 15 is 0 Å². The van der Waals surface area contributed by atoms with Crippen LogP contribution in [0.3, 0.4) is 0 Å². The van der Waals surface area contributed by atoms with E-state index < -0.39 is 20.3 Å². The topological polar surface area (TPSA) is 3.24 Å². The van der Waals surface area contributed by atoms with Gasteiger partial charge in [0, 0.05) is 6.54 Å². The Kier molecular flexibility index (Phi) is 5.06. The first-order valence-corrected chi connectivity index (χ1v) is 12.7. The monoisotopic (exact) mass is 291 g/mol. The number of alkyl halides is 3. The minimum absolute atomic E-state index is 0.559. The molecule has 0 radical (unpaired) electrons. The van der Waals surface area contributed by atoms with E-state index in [0.717, 1.165) is 0 Å². The lowest BCUT2D eigenvalue weighted by Gasteiger charge is -2.45. The quantitative estimate of drug-likeness (QED) is 0.553. The van der Waals surface area contributed by atoms with Crippen LogP contribution in [0.1, 0.15) is 0 Å². The van der Waals surface area contributed by atoms with Crippen LogP contribution in [-0.4, -0.2) is 31.0 Å². The van der Waals surface area contributed by atoms with Gasteiger partial charge in [-0.15, -0.1) is 0 Å². The fourth-order valence-corrected chi connectivity index (χ4v) is 12.1. The van der Waals surface area contributed by atoms with Gasteiger partial charge in [-0.2, -0.15) is 0 Å². The molecule has 0 bridgehead atoms. The summed E-state index contributed by atoms with van der Waals surface area (Å²) in [6.07, 6.45) is 0. The van der Waals surface area contributed by atoms with Crippen LogP contribution in [0.2, 0.25) is 39.3 Å². The number of rotatable bonds is 3. The van der Waals surface area contributed by atoms with Crippen molar-refractivity contribution in [2.75, 3.05) is 6.54 Å². The van der Waals surface area contributed by atoms with Gasteiger partial charge in [0.25, 0.3) is 0 Å². The average Bonchev–Trinajstić information content (AvgIpc) is 1.75. The zero-order valence-corrected chi connectivity index (χ0v) is 14.1. The third-order valence-electron chi connectivity index (χ3n) is 1.96. The Bertz CT molecular complexity index is 176. The maximum atomic E-state index is 5.87. The highest BCUT2D eigenvalue weighted by Gasteiger charge is 2.38. The molecule has 0 saturated carbocycles.